The average Bonchev–Trinajstić information content (AvgIpc) is 2.95. The van der Waals surface area contributed by atoms with Gasteiger partial charge >= 0.3 is 0 Å². The van der Waals surface area contributed by atoms with Crippen LogP contribution in [0.2, 0.25) is 0 Å². The van der Waals surface area contributed by atoms with Gasteiger partial charge in [-0.1, -0.05) is 36.8 Å². The molecule has 1 atom stereocenters. The van der Waals surface area contributed by atoms with Crippen molar-refractivity contribution >= 4 is 35.8 Å². The van der Waals surface area contributed by atoms with Crippen LogP contribution in [0.5, 0.6) is 0 Å². The van der Waals surface area contributed by atoms with Gasteiger partial charge in [0.05, 0.1) is 6.10 Å². The molecule has 0 radical (unpaired) electrons. The largest absolute Gasteiger partial charge is 0.374 e. The van der Waals surface area contributed by atoms with Gasteiger partial charge in [0.1, 0.15) is 0 Å². The number of nitrogens with zero attached hydrogens (tertiary/aromatic N) is 2. The Morgan fingerprint density at radius 1 is 1.17 bits per heavy atom. The van der Waals surface area contributed by atoms with Gasteiger partial charge < -0.3 is 20.3 Å². The number of nitrogens with one attached hydrogen (secondary N) is 2. The van der Waals surface area contributed by atoms with E-state index in [0.717, 1.165) is 64.4 Å². The Morgan fingerprint density at radius 3 is 2.73 bits per heavy atom. The molecule has 0 aromatic heterocycles. The Morgan fingerprint density at radius 2 is 1.97 bits per heavy atom. The maximum atomic E-state index is 12.0. The highest BCUT2D eigenvalue weighted by Gasteiger charge is 2.15. The van der Waals surface area contributed by atoms with Crippen molar-refractivity contribution in [3.8, 4) is 0 Å². The number of guanidine groups is 1. The molecule has 0 spiro atoms. The molecule has 1 amide bonds. The molecule has 1 aromatic rings. The Labute approximate surface area is 199 Å². The van der Waals surface area contributed by atoms with Gasteiger partial charge in [0.25, 0.3) is 0 Å². The van der Waals surface area contributed by atoms with Crippen LogP contribution in [0, 0.1) is 0 Å². The van der Waals surface area contributed by atoms with Crippen LogP contribution in [0.15, 0.2) is 35.3 Å². The molecule has 1 saturated heterocycles. The van der Waals surface area contributed by atoms with Crippen LogP contribution in [-0.2, 0) is 9.53 Å². The lowest BCUT2D eigenvalue weighted by Crippen LogP contribution is -2.38. The minimum Gasteiger partial charge on any atom is -0.374 e. The highest BCUT2D eigenvalue weighted by Crippen LogP contribution is 2.15. The summed E-state index contributed by atoms with van der Waals surface area (Å²) in [6.45, 7) is 8.95. The number of benzene rings is 1. The number of amides is 1. The standard InChI is InChI=1S/C23H38N4O2.HI/c1-3-24-23(25-15-10-18-27-17-9-5-8-14-22(27)28)26-16-11-19-29-20(2)21-12-6-4-7-13-21;/h4,6-7,12-13,20H,3,5,8-11,14-19H2,1-2H3,(H2,24,25,26);1H. The van der Waals surface area contributed by atoms with Crippen LogP contribution < -0.4 is 10.6 Å². The summed E-state index contributed by atoms with van der Waals surface area (Å²) in [5, 5.41) is 6.65. The lowest BCUT2D eigenvalue weighted by Gasteiger charge is -2.20. The van der Waals surface area contributed by atoms with Crippen molar-refractivity contribution in [2.45, 2.75) is 58.5 Å². The Balaban J connectivity index is 0.00000450. The summed E-state index contributed by atoms with van der Waals surface area (Å²) < 4.78 is 5.92. The van der Waals surface area contributed by atoms with Gasteiger partial charge in [-0.05, 0) is 45.1 Å². The molecule has 1 aromatic carbocycles. The molecule has 1 heterocycles. The number of aliphatic imine (C=N–C) groups is 1. The zero-order chi connectivity index (χ0) is 20.7. The van der Waals surface area contributed by atoms with E-state index in [9.17, 15) is 4.79 Å². The molecule has 0 bridgehead atoms. The van der Waals surface area contributed by atoms with Crippen molar-refractivity contribution in [1.82, 2.24) is 15.5 Å². The number of ether oxygens (including phenoxy) is 1. The SMILES string of the molecule is CCNC(=NCCCN1CCCCCC1=O)NCCCOC(C)c1ccccc1.I. The third-order valence-electron chi connectivity index (χ3n) is 5.12. The number of hydrogen-bond donors (Lipinski definition) is 2. The fraction of sp³-hybridized carbons (Fsp3) is 0.652. The maximum absolute atomic E-state index is 12.0. The first-order chi connectivity index (χ1) is 14.2. The van der Waals surface area contributed by atoms with E-state index in [-0.39, 0.29) is 30.1 Å². The smallest absolute Gasteiger partial charge is 0.222 e. The summed E-state index contributed by atoms with van der Waals surface area (Å²) >= 11 is 0. The molecular weight excluding hydrogens is 491 g/mol. The lowest BCUT2D eigenvalue weighted by atomic mass is 10.1. The fourth-order valence-corrected chi connectivity index (χ4v) is 3.43. The number of hydrogen-bond acceptors (Lipinski definition) is 3. The van der Waals surface area contributed by atoms with Crippen molar-refractivity contribution in [2.75, 3.05) is 39.3 Å². The van der Waals surface area contributed by atoms with Crippen molar-refractivity contribution in [1.29, 1.82) is 0 Å². The number of carbonyl (C=O) groups is 1. The van der Waals surface area contributed by atoms with Gasteiger partial charge in [-0.25, -0.2) is 0 Å². The van der Waals surface area contributed by atoms with Gasteiger partial charge in [-0.3, -0.25) is 9.79 Å². The maximum Gasteiger partial charge on any atom is 0.222 e. The molecule has 170 valence electrons. The highest BCUT2D eigenvalue weighted by molar-refractivity contribution is 14.0. The molecule has 1 aliphatic rings. The fourth-order valence-electron chi connectivity index (χ4n) is 3.43. The first kappa shape index (κ1) is 26.7. The van der Waals surface area contributed by atoms with Crippen LogP contribution in [0.1, 0.15) is 64.0 Å². The number of carbonyl (C=O) groups excluding carboxylic acids is 1. The first-order valence-electron chi connectivity index (χ1n) is 11.2. The first-order valence-corrected chi connectivity index (χ1v) is 11.2. The minimum atomic E-state index is 0. The predicted molar refractivity (Wildman–Crippen MR) is 134 cm³/mol. The molecule has 1 fully saturated rings. The van der Waals surface area contributed by atoms with E-state index < -0.39 is 0 Å². The second kappa shape index (κ2) is 16.4. The van der Waals surface area contributed by atoms with Crippen molar-refractivity contribution in [3.05, 3.63) is 35.9 Å². The molecule has 2 rings (SSSR count). The van der Waals surface area contributed by atoms with Gasteiger partial charge in [0.2, 0.25) is 5.91 Å². The summed E-state index contributed by atoms with van der Waals surface area (Å²) in [5.41, 5.74) is 1.21. The van der Waals surface area contributed by atoms with E-state index >= 15 is 0 Å². The molecule has 7 heteroatoms. The number of halogens is 1. The van der Waals surface area contributed by atoms with Crippen molar-refractivity contribution in [3.63, 3.8) is 0 Å². The van der Waals surface area contributed by atoms with Gasteiger partial charge in [-0.2, -0.15) is 0 Å². The normalized spacial score (nSPS) is 15.9. The summed E-state index contributed by atoms with van der Waals surface area (Å²) in [6.07, 6.45) is 5.98. The molecule has 0 aliphatic carbocycles. The molecule has 6 nitrogen and oxygen atoms in total. The second-order valence-corrected chi connectivity index (χ2v) is 7.51. The topological polar surface area (TPSA) is 66.0 Å². The lowest BCUT2D eigenvalue weighted by molar-refractivity contribution is -0.130. The quantitative estimate of drug-likeness (QED) is 0.196. The van der Waals surface area contributed by atoms with Crippen molar-refractivity contribution in [2.24, 2.45) is 4.99 Å². The summed E-state index contributed by atoms with van der Waals surface area (Å²) in [7, 11) is 0. The molecule has 30 heavy (non-hydrogen) atoms. The predicted octanol–water partition coefficient (Wildman–Crippen LogP) is 4.12. The molecule has 0 saturated carbocycles. The highest BCUT2D eigenvalue weighted by atomic mass is 127. The van der Waals surface area contributed by atoms with E-state index in [1.165, 1.54) is 12.0 Å². The van der Waals surface area contributed by atoms with E-state index in [1.54, 1.807) is 0 Å². The van der Waals surface area contributed by atoms with Crippen molar-refractivity contribution < 1.29 is 9.53 Å². The third-order valence-corrected chi connectivity index (χ3v) is 5.12. The second-order valence-electron chi connectivity index (χ2n) is 7.51. The van der Waals surface area contributed by atoms with Crippen LogP contribution >= 0.6 is 24.0 Å². The average molecular weight is 530 g/mol. The number of likely N-dealkylation sites (tertiary alicyclic amines) is 1. The zero-order valence-electron chi connectivity index (χ0n) is 18.6. The van der Waals surface area contributed by atoms with E-state index in [0.29, 0.717) is 18.9 Å². The molecule has 1 unspecified atom stereocenters. The van der Waals surface area contributed by atoms with Gasteiger partial charge in [0, 0.05) is 45.8 Å². The molecule has 1 aliphatic heterocycles. The number of rotatable bonds is 11. The van der Waals surface area contributed by atoms with E-state index in [1.807, 2.05) is 23.1 Å². The Bertz CT molecular complexity index is 612. The summed E-state index contributed by atoms with van der Waals surface area (Å²) in [6, 6.07) is 10.3. The summed E-state index contributed by atoms with van der Waals surface area (Å²) in [5.74, 6) is 1.15. The van der Waals surface area contributed by atoms with E-state index in [2.05, 4.69) is 41.6 Å². The van der Waals surface area contributed by atoms with Crippen LogP contribution in [0.25, 0.3) is 0 Å². The summed E-state index contributed by atoms with van der Waals surface area (Å²) in [4.78, 5) is 18.7. The monoisotopic (exact) mass is 530 g/mol. The zero-order valence-corrected chi connectivity index (χ0v) is 20.9. The Hall–Kier alpha value is -1.35. The van der Waals surface area contributed by atoms with Gasteiger partial charge in [0.15, 0.2) is 5.96 Å². The van der Waals surface area contributed by atoms with E-state index in [4.69, 9.17) is 4.74 Å². The van der Waals surface area contributed by atoms with Gasteiger partial charge in [-0.15, -0.1) is 24.0 Å². The molecule has 2 N–H and O–H groups in total. The Kier molecular flexibility index (Phi) is 14.5. The third kappa shape index (κ3) is 10.6. The van der Waals surface area contributed by atoms with Crippen LogP contribution in [0.3, 0.4) is 0 Å². The molecular formula is C23H39IN4O2. The minimum absolute atomic E-state index is 0. The van der Waals surface area contributed by atoms with Crippen LogP contribution in [0.4, 0.5) is 0 Å². The van der Waals surface area contributed by atoms with Crippen LogP contribution in [-0.4, -0.2) is 56.1 Å².